The van der Waals surface area contributed by atoms with Crippen molar-refractivity contribution >= 4 is 27.5 Å². The molecule has 172 valence electrons. The van der Waals surface area contributed by atoms with Gasteiger partial charge in [0.15, 0.2) is 0 Å². The Kier molecular flexibility index (Phi) is 7.00. The molecule has 1 fully saturated rings. The fourth-order valence-corrected chi connectivity index (χ4v) is 5.09. The molecule has 0 saturated carbocycles. The van der Waals surface area contributed by atoms with Gasteiger partial charge in [0.05, 0.1) is 22.1 Å². The van der Waals surface area contributed by atoms with E-state index in [0.29, 0.717) is 24.1 Å². The molecular formula is C23H28FN3O4S. The van der Waals surface area contributed by atoms with E-state index in [1.54, 1.807) is 24.3 Å². The number of sulfonamides is 1. The Morgan fingerprint density at radius 2 is 1.72 bits per heavy atom. The number of hydrogen-bond donors (Lipinski definition) is 2. The van der Waals surface area contributed by atoms with Crippen LogP contribution in [0.3, 0.4) is 0 Å². The summed E-state index contributed by atoms with van der Waals surface area (Å²) in [5, 5.41) is 5.67. The summed E-state index contributed by atoms with van der Waals surface area (Å²) in [5.74, 6) is -1.75. The van der Waals surface area contributed by atoms with E-state index in [1.165, 1.54) is 16.4 Å². The zero-order chi connectivity index (χ0) is 23.5. The molecule has 2 aromatic rings. The molecule has 1 aliphatic heterocycles. The number of halogens is 1. The van der Waals surface area contributed by atoms with Gasteiger partial charge in [0.25, 0.3) is 5.91 Å². The maximum atomic E-state index is 13.2. The fraction of sp³-hybridized carbons (Fsp3) is 0.391. The van der Waals surface area contributed by atoms with Crippen LogP contribution in [0, 0.1) is 11.7 Å². The molecule has 1 saturated heterocycles. The van der Waals surface area contributed by atoms with Crippen LogP contribution in [-0.4, -0.2) is 43.2 Å². The second-order valence-corrected chi connectivity index (χ2v) is 10.8. The van der Waals surface area contributed by atoms with Crippen LogP contribution in [0.2, 0.25) is 0 Å². The van der Waals surface area contributed by atoms with Gasteiger partial charge in [-0.3, -0.25) is 9.59 Å². The lowest BCUT2D eigenvalue weighted by Crippen LogP contribution is -2.44. The molecule has 3 rings (SSSR count). The average molecular weight is 462 g/mol. The zero-order valence-corrected chi connectivity index (χ0v) is 19.2. The molecule has 1 atom stereocenters. The molecule has 1 heterocycles. The number of hydrogen-bond acceptors (Lipinski definition) is 4. The lowest BCUT2D eigenvalue weighted by Gasteiger charge is -2.31. The van der Waals surface area contributed by atoms with Crippen molar-refractivity contribution in [3.05, 3.63) is 59.9 Å². The summed E-state index contributed by atoms with van der Waals surface area (Å²) >= 11 is 0. The number of piperidine rings is 1. The standard InChI is InChI=1S/C23H28FN3O4S/c1-23(2,3)26-22(29)19-8-4-5-9-20(19)25-21(28)16-7-6-14-27(15-16)32(30,31)18-12-10-17(24)11-13-18/h4-5,8-13,16H,6-7,14-15H2,1-3H3,(H,25,28)(H,26,29). The topological polar surface area (TPSA) is 95.6 Å². The minimum Gasteiger partial charge on any atom is -0.347 e. The maximum absolute atomic E-state index is 13.2. The first-order valence-corrected chi connectivity index (χ1v) is 11.9. The van der Waals surface area contributed by atoms with E-state index in [4.69, 9.17) is 0 Å². The van der Waals surface area contributed by atoms with Gasteiger partial charge in [-0.25, -0.2) is 12.8 Å². The highest BCUT2D eigenvalue weighted by molar-refractivity contribution is 7.89. The average Bonchev–Trinajstić information content (AvgIpc) is 2.73. The molecule has 9 heteroatoms. The third-order valence-electron chi connectivity index (χ3n) is 5.12. The van der Waals surface area contributed by atoms with Crippen LogP contribution in [-0.2, 0) is 14.8 Å². The highest BCUT2D eigenvalue weighted by Gasteiger charge is 2.33. The first-order chi connectivity index (χ1) is 15.0. The molecule has 0 radical (unpaired) electrons. The van der Waals surface area contributed by atoms with Crippen LogP contribution in [0.4, 0.5) is 10.1 Å². The monoisotopic (exact) mass is 461 g/mol. The van der Waals surface area contributed by atoms with Crippen molar-refractivity contribution in [1.29, 1.82) is 0 Å². The molecule has 7 nitrogen and oxygen atoms in total. The number of para-hydroxylation sites is 1. The van der Waals surface area contributed by atoms with Gasteiger partial charge in [-0.2, -0.15) is 4.31 Å². The molecule has 1 aliphatic rings. The summed E-state index contributed by atoms with van der Waals surface area (Å²) in [6.07, 6.45) is 1.04. The Balaban J connectivity index is 1.74. The van der Waals surface area contributed by atoms with Crippen LogP contribution in [0.15, 0.2) is 53.4 Å². The largest absolute Gasteiger partial charge is 0.347 e. The lowest BCUT2D eigenvalue weighted by molar-refractivity contribution is -0.120. The van der Waals surface area contributed by atoms with Crippen molar-refractivity contribution in [2.75, 3.05) is 18.4 Å². The van der Waals surface area contributed by atoms with Crippen molar-refractivity contribution in [3.8, 4) is 0 Å². The van der Waals surface area contributed by atoms with Crippen LogP contribution < -0.4 is 10.6 Å². The number of benzene rings is 2. The summed E-state index contributed by atoms with van der Waals surface area (Å²) in [6, 6.07) is 11.3. The van der Waals surface area contributed by atoms with E-state index < -0.39 is 27.3 Å². The molecule has 0 aliphatic carbocycles. The van der Waals surface area contributed by atoms with E-state index in [1.807, 2.05) is 20.8 Å². The van der Waals surface area contributed by atoms with Gasteiger partial charge in [-0.15, -0.1) is 0 Å². The summed E-state index contributed by atoms with van der Waals surface area (Å²) < 4.78 is 40.3. The van der Waals surface area contributed by atoms with E-state index in [9.17, 15) is 22.4 Å². The van der Waals surface area contributed by atoms with Gasteiger partial charge in [0.1, 0.15) is 5.82 Å². The van der Waals surface area contributed by atoms with Crippen molar-refractivity contribution in [1.82, 2.24) is 9.62 Å². The van der Waals surface area contributed by atoms with E-state index in [2.05, 4.69) is 10.6 Å². The van der Waals surface area contributed by atoms with Crippen LogP contribution in [0.1, 0.15) is 44.0 Å². The van der Waals surface area contributed by atoms with E-state index in [0.717, 1.165) is 12.1 Å². The van der Waals surface area contributed by atoms with Gasteiger partial charge in [-0.05, 0) is 70.0 Å². The smallest absolute Gasteiger partial charge is 0.253 e. The molecule has 2 amide bonds. The van der Waals surface area contributed by atoms with Gasteiger partial charge in [0.2, 0.25) is 15.9 Å². The fourth-order valence-electron chi connectivity index (χ4n) is 3.56. The van der Waals surface area contributed by atoms with Crippen LogP contribution in [0.25, 0.3) is 0 Å². The highest BCUT2D eigenvalue weighted by Crippen LogP contribution is 2.26. The van der Waals surface area contributed by atoms with Crippen molar-refractivity contribution in [2.24, 2.45) is 5.92 Å². The minimum atomic E-state index is -3.84. The van der Waals surface area contributed by atoms with Gasteiger partial charge < -0.3 is 10.6 Å². The first-order valence-electron chi connectivity index (χ1n) is 10.5. The minimum absolute atomic E-state index is 0.0100. The predicted octanol–water partition coefficient (Wildman–Crippen LogP) is 3.39. The number of nitrogens with one attached hydrogen (secondary N) is 2. The maximum Gasteiger partial charge on any atom is 0.253 e. The van der Waals surface area contributed by atoms with Crippen LogP contribution >= 0.6 is 0 Å². The Morgan fingerprint density at radius 1 is 1.06 bits per heavy atom. The second-order valence-electron chi connectivity index (χ2n) is 8.90. The molecule has 0 bridgehead atoms. The Hall–Kier alpha value is -2.78. The zero-order valence-electron chi connectivity index (χ0n) is 18.4. The molecule has 2 aromatic carbocycles. The second kappa shape index (κ2) is 9.38. The quantitative estimate of drug-likeness (QED) is 0.714. The van der Waals surface area contributed by atoms with Gasteiger partial charge in [0, 0.05) is 18.6 Å². The van der Waals surface area contributed by atoms with Crippen LogP contribution in [0.5, 0.6) is 0 Å². The number of amides is 2. The van der Waals surface area contributed by atoms with Crippen molar-refractivity contribution in [3.63, 3.8) is 0 Å². The third-order valence-corrected chi connectivity index (χ3v) is 7.00. The Bertz CT molecular complexity index is 1090. The summed E-state index contributed by atoms with van der Waals surface area (Å²) in [6.45, 7) is 5.90. The number of carbonyl (C=O) groups excluding carboxylic acids is 2. The van der Waals surface area contributed by atoms with Gasteiger partial charge >= 0.3 is 0 Å². The highest BCUT2D eigenvalue weighted by atomic mass is 32.2. The molecule has 0 spiro atoms. The Labute approximate surface area is 188 Å². The lowest BCUT2D eigenvalue weighted by atomic mass is 9.98. The van der Waals surface area contributed by atoms with E-state index in [-0.39, 0.29) is 29.8 Å². The predicted molar refractivity (Wildman–Crippen MR) is 120 cm³/mol. The number of rotatable bonds is 5. The van der Waals surface area contributed by atoms with Crippen molar-refractivity contribution < 1.29 is 22.4 Å². The Morgan fingerprint density at radius 3 is 2.38 bits per heavy atom. The first kappa shape index (κ1) is 23.9. The third kappa shape index (κ3) is 5.72. The molecular weight excluding hydrogens is 433 g/mol. The summed E-state index contributed by atoms with van der Waals surface area (Å²) in [5.41, 5.74) is 0.271. The van der Waals surface area contributed by atoms with Crippen molar-refractivity contribution in [2.45, 2.75) is 44.0 Å². The number of nitrogens with zero attached hydrogens (tertiary/aromatic N) is 1. The van der Waals surface area contributed by atoms with E-state index >= 15 is 0 Å². The SMILES string of the molecule is CC(C)(C)NC(=O)c1ccccc1NC(=O)C1CCCN(S(=O)(=O)c2ccc(F)cc2)C1. The summed E-state index contributed by atoms with van der Waals surface area (Å²) in [4.78, 5) is 25.6. The molecule has 2 N–H and O–H groups in total. The number of anilines is 1. The number of carbonyl (C=O) groups is 2. The molecule has 1 unspecified atom stereocenters. The van der Waals surface area contributed by atoms with Gasteiger partial charge in [-0.1, -0.05) is 12.1 Å². The normalized spacial score (nSPS) is 17.6. The molecule has 32 heavy (non-hydrogen) atoms. The summed E-state index contributed by atoms with van der Waals surface area (Å²) in [7, 11) is -3.84. The molecule has 0 aromatic heterocycles.